The third kappa shape index (κ3) is 6.24. The van der Waals surface area contributed by atoms with Crippen molar-refractivity contribution >= 4 is 11.8 Å². The highest BCUT2D eigenvalue weighted by Gasteiger charge is 2.09. The minimum absolute atomic E-state index is 0.0432. The summed E-state index contributed by atoms with van der Waals surface area (Å²) in [5.74, 6) is -0.768. The Morgan fingerprint density at radius 2 is 1.95 bits per heavy atom. The van der Waals surface area contributed by atoms with Crippen LogP contribution in [0.15, 0.2) is 24.3 Å². The maximum atomic E-state index is 11.8. The number of hydrogen-bond acceptors (Lipinski definition) is 5. The Bertz CT molecular complexity index is 479. The zero-order chi connectivity index (χ0) is 15.7. The number of nitrogens with zero attached hydrogens (tertiary/aromatic N) is 1. The van der Waals surface area contributed by atoms with Crippen LogP contribution in [0.1, 0.15) is 23.2 Å². The standard InChI is InChI=1S/C14H21N3O4/c1-17(9-4-7-13(19)16-21)10-8-15-14(20)11-5-2-3-6-12(11)18/h2-3,5-6,18,21H,4,7-10H2,1H3,(H,15,20)(H,16,19). The summed E-state index contributed by atoms with van der Waals surface area (Å²) < 4.78 is 0. The molecule has 0 saturated heterocycles. The van der Waals surface area contributed by atoms with Crippen molar-refractivity contribution in [3.63, 3.8) is 0 Å². The van der Waals surface area contributed by atoms with Gasteiger partial charge in [-0.15, -0.1) is 0 Å². The Morgan fingerprint density at radius 3 is 2.62 bits per heavy atom. The van der Waals surface area contributed by atoms with Crippen LogP contribution in [0.25, 0.3) is 0 Å². The lowest BCUT2D eigenvalue weighted by Crippen LogP contribution is -2.33. The second-order valence-corrected chi connectivity index (χ2v) is 4.71. The minimum atomic E-state index is -0.406. The average Bonchev–Trinajstić information content (AvgIpc) is 2.47. The monoisotopic (exact) mass is 295 g/mol. The van der Waals surface area contributed by atoms with Gasteiger partial charge in [-0.25, -0.2) is 5.48 Å². The fraction of sp³-hybridized carbons (Fsp3) is 0.429. The van der Waals surface area contributed by atoms with Crippen molar-refractivity contribution in [1.29, 1.82) is 0 Å². The third-order valence-corrected chi connectivity index (χ3v) is 3.00. The number of phenols is 1. The molecule has 7 heteroatoms. The molecule has 0 radical (unpaired) electrons. The number of nitrogens with one attached hydrogen (secondary N) is 2. The normalized spacial score (nSPS) is 10.4. The zero-order valence-electron chi connectivity index (χ0n) is 12.0. The van der Waals surface area contributed by atoms with Gasteiger partial charge in [-0.05, 0) is 32.1 Å². The predicted octanol–water partition coefficient (Wildman–Crippen LogP) is 0.339. The van der Waals surface area contributed by atoms with Gasteiger partial charge in [-0.2, -0.15) is 0 Å². The molecule has 0 aliphatic carbocycles. The molecule has 1 rings (SSSR count). The highest BCUT2D eigenvalue weighted by Crippen LogP contribution is 2.14. The summed E-state index contributed by atoms with van der Waals surface area (Å²) in [6, 6.07) is 6.37. The van der Waals surface area contributed by atoms with E-state index in [0.717, 1.165) is 0 Å². The molecule has 0 atom stereocenters. The van der Waals surface area contributed by atoms with Crippen molar-refractivity contribution < 1.29 is 19.9 Å². The van der Waals surface area contributed by atoms with Gasteiger partial charge >= 0.3 is 0 Å². The predicted molar refractivity (Wildman–Crippen MR) is 77.1 cm³/mol. The Morgan fingerprint density at radius 1 is 1.24 bits per heavy atom. The molecule has 116 valence electrons. The Hall–Kier alpha value is -2.12. The summed E-state index contributed by atoms with van der Waals surface area (Å²) in [4.78, 5) is 24.6. The van der Waals surface area contributed by atoms with Gasteiger partial charge in [0.25, 0.3) is 5.91 Å². The van der Waals surface area contributed by atoms with Crippen molar-refractivity contribution in [2.45, 2.75) is 12.8 Å². The molecule has 0 bridgehead atoms. The second-order valence-electron chi connectivity index (χ2n) is 4.71. The first-order valence-corrected chi connectivity index (χ1v) is 6.72. The number of benzene rings is 1. The van der Waals surface area contributed by atoms with Gasteiger partial charge in [-0.1, -0.05) is 12.1 Å². The van der Waals surface area contributed by atoms with Crippen molar-refractivity contribution in [2.75, 3.05) is 26.7 Å². The van der Waals surface area contributed by atoms with Crippen LogP contribution in [0, 0.1) is 0 Å². The van der Waals surface area contributed by atoms with Gasteiger partial charge in [0.1, 0.15) is 5.75 Å². The molecular formula is C14H21N3O4. The highest BCUT2D eigenvalue weighted by molar-refractivity contribution is 5.96. The summed E-state index contributed by atoms with van der Waals surface area (Å²) >= 11 is 0. The maximum Gasteiger partial charge on any atom is 0.255 e. The van der Waals surface area contributed by atoms with Gasteiger partial charge in [0.05, 0.1) is 5.56 Å². The van der Waals surface area contributed by atoms with E-state index >= 15 is 0 Å². The van der Waals surface area contributed by atoms with Crippen LogP contribution in [0.2, 0.25) is 0 Å². The highest BCUT2D eigenvalue weighted by atomic mass is 16.5. The van der Waals surface area contributed by atoms with E-state index in [1.165, 1.54) is 6.07 Å². The van der Waals surface area contributed by atoms with Crippen molar-refractivity contribution in [2.24, 2.45) is 0 Å². The summed E-state index contributed by atoms with van der Waals surface area (Å²) in [6.07, 6.45) is 0.876. The van der Waals surface area contributed by atoms with Crippen LogP contribution in [0.4, 0.5) is 0 Å². The number of aromatic hydroxyl groups is 1. The van der Waals surface area contributed by atoms with Crippen LogP contribution in [0.3, 0.4) is 0 Å². The number of hydrogen-bond donors (Lipinski definition) is 4. The second kappa shape index (κ2) is 8.93. The molecule has 4 N–H and O–H groups in total. The quantitative estimate of drug-likeness (QED) is 0.409. The fourth-order valence-electron chi connectivity index (χ4n) is 1.80. The smallest absolute Gasteiger partial charge is 0.255 e. The van der Waals surface area contributed by atoms with E-state index in [2.05, 4.69) is 5.32 Å². The maximum absolute atomic E-state index is 11.8. The van der Waals surface area contributed by atoms with E-state index in [1.54, 1.807) is 23.7 Å². The van der Waals surface area contributed by atoms with E-state index in [0.29, 0.717) is 26.1 Å². The number of rotatable bonds is 8. The van der Waals surface area contributed by atoms with E-state index in [4.69, 9.17) is 5.21 Å². The summed E-state index contributed by atoms with van der Waals surface area (Å²) in [5, 5.41) is 20.6. The van der Waals surface area contributed by atoms with E-state index in [1.807, 2.05) is 11.9 Å². The molecule has 0 aromatic heterocycles. The van der Waals surface area contributed by atoms with Crippen molar-refractivity contribution in [3.8, 4) is 5.75 Å². The number of para-hydroxylation sites is 1. The molecule has 21 heavy (non-hydrogen) atoms. The lowest BCUT2D eigenvalue weighted by atomic mass is 10.2. The first kappa shape index (κ1) is 16.9. The summed E-state index contributed by atoms with van der Waals surface area (Å²) in [5.41, 5.74) is 1.83. The molecule has 1 aromatic rings. The molecule has 2 amide bonds. The van der Waals surface area contributed by atoms with Crippen LogP contribution in [-0.4, -0.2) is 53.7 Å². The van der Waals surface area contributed by atoms with Crippen molar-refractivity contribution in [1.82, 2.24) is 15.7 Å². The molecule has 0 spiro atoms. The first-order valence-electron chi connectivity index (χ1n) is 6.72. The molecule has 0 heterocycles. The van der Waals surface area contributed by atoms with Gasteiger partial charge in [0.2, 0.25) is 5.91 Å². The SMILES string of the molecule is CN(CCCC(=O)NO)CCNC(=O)c1ccccc1O. The molecule has 0 unspecified atom stereocenters. The molecule has 0 aliphatic heterocycles. The lowest BCUT2D eigenvalue weighted by molar-refractivity contribution is -0.129. The summed E-state index contributed by atoms with van der Waals surface area (Å²) in [7, 11) is 1.88. The number of carbonyl (C=O) groups excluding carboxylic acids is 2. The van der Waals surface area contributed by atoms with Gasteiger partial charge in [0, 0.05) is 19.5 Å². The van der Waals surface area contributed by atoms with Crippen LogP contribution in [-0.2, 0) is 4.79 Å². The number of carbonyl (C=O) groups is 2. The number of likely N-dealkylation sites (N-methyl/N-ethyl adjacent to an activating group) is 1. The van der Waals surface area contributed by atoms with Gasteiger partial charge in [-0.3, -0.25) is 14.8 Å². The Balaban J connectivity index is 2.22. The molecule has 0 saturated carbocycles. The number of phenolic OH excluding ortho intramolecular Hbond substituents is 1. The third-order valence-electron chi connectivity index (χ3n) is 3.00. The number of amides is 2. The van der Waals surface area contributed by atoms with Crippen molar-refractivity contribution in [3.05, 3.63) is 29.8 Å². The summed E-state index contributed by atoms with van der Waals surface area (Å²) in [6.45, 7) is 1.75. The number of hydroxylamine groups is 1. The lowest BCUT2D eigenvalue weighted by Gasteiger charge is -2.16. The van der Waals surface area contributed by atoms with Gasteiger partial charge in [0.15, 0.2) is 0 Å². The molecule has 0 aliphatic rings. The Kier molecular flexibility index (Phi) is 7.20. The molecule has 0 fully saturated rings. The molecule has 7 nitrogen and oxygen atoms in total. The van der Waals surface area contributed by atoms with E-state index in [9.17, 15) is 14.7 Å². The van der Waals surface area contributed by atoms with Crippen LogP contribution >= 0.6 is 0 Å². The minimum Gasteiger partial charge on any atom is -0.507 e. The molecular weight excluding hydrogens is 274 g/mol. The van der Waals surface area contributed by atoms with Gasteiger partial charge < -0.3 is 15.3 Å². The Labute approximate surface area is 123 Å². The van der Waals surface area contributed by atoms with Crippen LogP contribution in [0.5, 0.6) is 5.75 Å². The first-order chi connectivity index (χ1) is 10.0. The van der Waals surface area contributed by atoms with E-state index in [-0.39, 0.29) is 23.6 Å². The topological polar surface area (TPSA) is 102 Å². The van der Waals surface area contributed by atoms with Crippen LogP contribution < -0.4 is 10.8 Å². The fourth-order valence-corrected chi connectivity index (χ4v) is 1.80. The average molecular weight is 295 g/mol. The zero-order valence-corrected chi connectivity index (χ0v) is 12.0. The largest absolute Gasteiger partial charge is 0.507 e. The molecule has 1 aromatic carbocycles. The van der Waals surface area contributed by atoms with E-state index < -0.39 is 5.91 Å².